The topological polar surface area (TPSA) is 84.6 Å². The second kappa shape index (κ2) is 7.17. The molecule has 0 unspecified atom stereocenters. The molecule has 0 bridgehead atoms. The zero-order chi connectivity index (χ0) is 17.9. The first-order chi connectivity index (χ1) is 12.7. The van der Waals surface area contributed by atoms with Crippen LogP contribution in [0.15, 0.2) is 40.1 Å². The molecule has 0 saturated heterocycles. The Labute approximate surface area is 155 Å². The minimum absolute atomic E-state index is 0.503. The predicted octanol–water partition coefficient (Wildman–Crippen LogP) is 3.97. The number of aliphatic imine (C=N–C) groups is 1. The molecule has 3 heterocycles. The number of nitrogens with zero attached hydrogens (tertiary/aromatic N) is 3. The van der Waals surface area contributed by atoms with Crippen molar-refractivity contribution in [2.75, 3.05) is 18.4 Å². The van der Waals surface area contributed by atoms with Gasteiger partial charge in [-0.25, -0.2) is 0 Å². The lowest BCUT2D eigenvalue weighted by Gasteiger charge is -2.18. The van der Waals surface area contributed by atoms with Crippen molar-refractivity contribution in [1.29, 1.82) is 0 Å². The van der Waals surface area contributed by atoms with Crippen molar-refractivity contribution in [3.63, 3.8) is 0 Å². The average Bonchev–Trinajstić information content (AvgIpc) is 3.32. The Morgan fingerprint density at radius 1 is 1.27 bits per heavy atom. The van der Waals surface area contributed by atoms with Gasteiger partial charge in [0.1, 0.15) is 12.0 Å². The fourth-order valence-electron chi connectivity index (χ4n) is 2.63. The normalized spacial score (nSPS) is 13.8. The molecule has 2 aromatic heterocycles. The van der Waals surface area contributed by atoms with E-state index in [1.807, 2.05) is 26.0 Å². The summed E-state index contributed by atoms with van der Waals surface area (Å²) in [7, 11) is 0. The van der Waals surface area contributed by atoms with E-state index in [0.29, 0.717) is 11.0 Å². The van der Waals surface area contributed by atoms with Crippen LogP contribution in [0.5, 0.6) is 10.9 Å². The van der Waals surface area contributed by atoms with Gasteiger partial charge in [-0.1, -0.05) is 0 Å². The average molecular weight is 369 g/mol. The minimum Gasteiger partial charge on any atom is -0.472 e. The summed E-state index contributed by atoms with van der Waals surface area (Å²) in [5.74, 6) is 2.19. The molecule has 0 atom stereocenters. The van der Waals surface area contributed by atoms with E-state index in [0.717, 1.165) is 53.6 Å². The van der Waals surface area contributed by atoms with Gasteiger partial charge in [-0.05, 0) is 49.6 Å². The smallest absolute Gasteiger partial charge is 0.299 e. The number of anilines is 1. The molecule has 0 spiro atoms. The Bertz CT molecular complexity index is 933. The Hall–Kier alpha value is -2.87. The molecule has 8 heteroatoms. The fraction of sp³-hybridized carbons (Fsp3) is 0.278. The molecule has 0 fully saturated rings. The van der Waals surface area contributed by atoms with E-state index in [2.05, 4.69) is 31.0 Å². The van der Waals surface area contributed by atoms with Crippen molar-refractivity contribution in [2.45, 2.75) is 20.3 Å². The minimum atomic E-state index is 0.503. The van der Waals surface area contributed by atoms with Gasteiger partial charge in [-0.15, -0.1) is 0 Å². The van der Waals surface area contributed by atoms with Gasteiger partial charge in [0.15, 0.2) is 11.8 Å². The SMILES string of the molecule is Cc1cc(Oc2nc(-c3ccoc3)ns2)c(C)cc1NC1=NCCCN1. The summed E-state index contributed by atoms with van der Waals surface area (Å²) in [6.45, 7) is 5.84. The third kappa shape index (κ3) is 3.55. The highest BCUT2D eigenvalue weighted by molar-refractivity contribution is 7.07. The second-order valence-corrected chi connectivity index (χ2v) is 6.78. The van der Waals surface area contributed by atoms with Crippen LogP contribution in [0.3, 0.4) is 0 Å². The van der Waals surface area contributed by atoms with Crippen LogP contribution in [0.1, 0.15) is 17.5 Å². The molecular weight excluding hydrogens is 350 g/mol. The number of hydrogen-bond donors (Lipinski definition) is 2. The van der Waals surface area contributed by atoms with Gasteiger partial charge in [0, 0.05) is 30.3 Å². The van der Waals surface area contributed by atoms with Gasteiger partial charge in [0.2, 0.25) is 0 Å². The number of guanidine groups is 1. The standard InChI is InChI=1S/C18H19N5O2S/c1-11-9-15(12(2)8-14(11)21-17-19-5-3-6-20-17)25-18-22-16(23-26-18)13-4-7-24-10-13/h4,7-10H,3,5-6H2,1-2H3,(H2,19,20,21). The van der Waals surface area contributed by atoms with Gasteiger partial charge < -0.3 is 19.8 Å². The van der Waals surface area contributed by atoms with Crippen LogP contribution in [0.2, 0.25) is 0 Å². The van der Waals surface area contributed by atoms with Crippen molar-refractivity contribution in [3.8, 4) is 22.3 Å². The summed E-state index contributed by atoms with van der Waals surface area (Å²) in [6, 6.07) is 5.88. The summed E-state index contributed by atoms with van der Waals surface area (Å²) in [6.07, 6.45) is 4.28. The zero-order valence-electron chi connectivity index (χ0n) is 14.6. The maximum atomic E-state index is 5.95. The van der Waals surface area contributed by atoms with E-state index >= 15 is 0 Å². The maximum absolute atomic E-state index is 5.95. The van der Waals surface area contributed by atoms with Crippen molar-refractivity contribution < 1.29 is 9.15 Å². The lowest BCUT2D eigenvalue weighted by molar-refractivity contribution is 0.475. The highest BCUT2D eigenvalue weighted by Crippen LogP contribution is 2.32. The first-order valence-corrected chi connectivity index (χ1v) is 9.17. The Morgan fingerprint density at radius 3 is 2.96 bits per heavy atom. The van der Waals surface area contributed by atoms with Crippen molar-refractivity contribution in [1.82, 2.24) is 14.7 Å². The molecule has 3 aromatic rings. The first kappa shape index (κ1) is 16.6. The van der Waals surface area contributed by atoms with Crippen LogP contribution in [0.25, 0.3) is 11.4 Å². The van der Waals surface area contributed by atoms with Gasteiger partial charge >= 0.3 is 0 Å². The number of ether oxygens (including phenoxy) is 1. The van der Waals surface area contributed by atoms with Crippen LogP contribution in [-0.4, -0.2) is 28.4 Å². The monoisotopic (exact) mass is 369 g/mol. The Balaban J connectivity index is 1.52. The molecule has 1 aliphatic rings. The summed E-state index contributed by atoms with van der Waals surface area (Å²) in [5.41, 5.74) is 3.93. The van der Waals surface area contributed by atoms with Gasteiger partial charge in [-0.3, -0.25) is 4.99 Å². The number of aromatic nitrogens is 2. The molecule has 134 valence electrons. The van der Waals surface area contributed by atoms with E-state index in [9.17, 15) is 0 Å². The summed E-state index contributed by atoms with van der Waals surface area (Å²) in [5, 5.41) is 7.12. The molecular formula is C18H19N5O2S. The number of benzene rings is 1. The van der Waals surface area contributed by atoms with Gasteiger partial charge in [0.05, 0.1) is 11.8 Å². The Morgan fingerprint density at radius 2 is 2.19 bits per heavy atom. The highest BCUT2D eigenvalue weighted by Gasteiger charge is 2.13. The van der Waals surface area contributed by atoms with Crippen LogP contribution in [0.4, 0.5) is 5.69 Å². The molecule has 26 heavy (non-hydrogen) atoms. The third-order valence-electron chi connectivity index (χ3n) is 4.06. The molecule has 0 radical (unpaired) electrons. The lowest BCUT2D eigenvalue weighted by Crippen LogP contribution is -2.35. The van der Waals surface area contributed by atoms with Crippen LogP contribution in [0, 0.1) is 13.8 Å². The first-order valence-electron chi connectivity index (χ1n) is 8.40. The number of aryl methyl sites for hydroxylation is 2. The third-order valence-corrected chi connectivity index (χ3v) is 4.65. The largest absolute Gasteiger partial charge is 0.472 e. The van der Waals surface area contributed by atoms with E-state index < -0.39 is 0 Å². The van der Waals surface area contributed by atoms with Crippen molar-refractivity contribution >= 4 is 23.2 Å². The van der Waals surface area contributed by atoms with Crippen molar-refractivity contribution in [3.05, 3.63) is 41.9 Å². The van der Waals surface area contributed by atoms with E-state index in [1.54, 1.807) is 12.5 Å². The van der Waals surface area contributed by atoms with E-state index in [1.165, 1.54) is 11.5 Å². The maximum Gasteiger partial charge on any atom is 0.299 e. The molecule has 0 saturated carbocycles. The Kier molecular flexibility index (Phi) is 4.57. The number of nitrogens with one attached hydrogen (secondary N) is 2. The van der Waals surface area contributed by atoms with Crippen LogP contribution < -0.4 is 15.4 Å². The predicted molar refractivity (Wildman–Crippen MR) is 102 cm³/mol. The van der Waals surface area contributed by atoms with Gasteiger partial charge in [0.25, 0.3) is 5.19 Å². The molecule has 2 N–H and O–H groups in total. The summed E-state index contributed by atoms with van der Waals surface area (Å²) in [4.78, 5) is 8.87. The molecule has 1 aromatic carbocycles. The van der Waals surface area contributed by atoms with E-state index in [-0.39, 0.29) is 0 Å². The summed E-state index contributed by atoms with van der Waals surface area (Å²) < 4.78 is 15.3. The molecule has 0 aliphatic carbocycles. The molecule has 0 amide bonds. The van der Waals surface area contributed by atoms with Crippen LogP contribution >= 0.6 is 11.5 Å². The fourth-order valence-corrected chi connectivity index (χ4v) is 3.20. The van der Waals surface area contributed by atoms with Crippen molar-refractivity contribution in [2.24, 2.45) is 4.99 Å². The van der Waals surface area contributed by atoms with Crippen LogP contribution in [-0.2, 0) is 0 Å². The number of furan rings is 1. The quantitative estimate of drug-likeness (QED) is 0.724. The number of rotatable bonds is 4. The molecule has 4 rings (SSSR count). The summed E-state index contributed by atoms with van der Waals surface area (Å²) >= 11 is 1.22. The number of hydrogen-bond acceptors (Lipinski definition) is 8. The second-order valence-electron chi connectivity index (χ2n) is 6.07. The zero-order valence-corrected chi connectivity index (χ0v) is 15.4. The molecule has 7 nitrogen and oxygen atoms in total. The lowest BCUT2D eigenvalue weighted by atomic mass is 10.1. The molecule has 1 aliphatic heterocycles. The van der Waals surface area contributed by atoms with E-state index in [4.69, 9.17) is 9.15 Å². The van der Waals surface area contributed by atoms with Gasteiger partial charge in [-0.2, -0.15) is 9.36 Å². The highest BCUT2D eigenvalue weighted by atomic mass is 32.1.